The van der Waals surface area contributed by atoms with Crippen molar-refractivity contribution in [2.45, 2.75) is 39.5 Å². The zero-order valence-corrected chi connectivity index (χ0v) is 13.2. The zero-order chi connectivity index (χ0) is 14.3. The molecule has 2 nitrogen and oxygen atoms in total. The van der Waals surface area contributed by atoms with Gasteiger partial charge in [-0.3, -0.25) is 4.79 Å². The Balaban J connectivity index is 2.44. The summed E-state index contributed by atoms with van der Waals surface area (Å²) in [5, 5.41) is 0. The van der Waals surface area contributed by atoms with E-state index >= 15 is 0 Å². The molecule has 19 heavy (non-hydrogen) atoms. The molecular formula is C15H20O2S2. The number of terminal acetylenes is 1. The fourth-order valence-corrected chi connectivity index (χ4v) is 4.31. The smallest absolute Gasteiger partial charge is 0.133 e. The molecule has 0 spiro atoms. The van der Waals surface area contributed by atoms with Gasteiger partial charge in [0.05, 0.1) is 4.91 Å². The molecule has 1 heterocycles. The van der Waals surface area contributed by atoms with E-state index in [4.69, 9.17) is 6.42 Å². The molecule has 0 aromatic heterocycles. The summed E-state index contributed by atoms with van der Waals surface area (Å²) in [6.07, 6.45) is 7.67. The van der Waals surface area contributed by atoms with E-state index in [2.05, 4.69) is 12.8 Å². The zero-order valence-electron chi connectivity index (χ0n) is 11.5. The lowest BCUT2D eigenvalue weighted by Crippen LogP contribution is -2.09. The largest absolute Gasteiger partial charge is 0.300 e. The van der Waals surface area contributed by atoms with Gasteiger partial charge in [0.15, 0.2) is 0 Å². The Hall–Kier alpha value is -0.660. The molecule has 1 aliphatic heterocycles. The van der Waals surface area contributed by atoms with Gasteiger partial charge in [-0.1, -0.05) is 12.8 Å². The van der Waals surface area contributed by atoms with Crippen molar-refractivity contribution >= 4 is 35.1 Å². The minimum absolute atomic E-state index is 0.0811. The molecule has 0 aromatic rings. The van der Waals surface area contributed by atoms with Crippen LogP contribution in [0.4, 0.5) is 0 Å². The van der Waals surface area contributed by atoms with Crippen molar-refractivity contribution in [2.75, 3.05) is 11.5 Å². The topological polar surface area (TPSA) is 34.1 Å². The fraction of sp³-hybridized carbons (Fsp3) is 0.600. The van der Waals surface area contributed by atoms with Crippen LogP contribution >= 0.6 is 23.5 Å². The first-order chi connectivity index (χ1) is 9.02. The van der Waals surface area contributed by atoms with E-state index in [1.807, 2.05) is 11.8 Å². The molecule has 104 valence electrons. The molecule has 0 bridgehead atoms. The van der Waals surface area contributed by atoms with E-state index in [-0.39, 0.29) is 11.6 Å². The number of ketones is 2. The van der Waals surface area contributed by atoms with Gasteiger partial charge in [-0.05, 0) is 19.3 Å². The highest BCUT2D eigenvalue weighted by Gasteiger charge is 2.17. The molecule has 0 aromatic carbocycles. The number of rotatable bonds is 7. The van der Waals surface area contributed by atoms with Crippen molar-refractivity contribution < 1.29 is 9.59 Å². The Morgan fingerprint density at radius 1 is 1.32 bits per heavy atom. The molecule has 1 aliphatic rings. The predicted octanol–water partition coefficient (Wildman–Crippen LogP) is 3.67. The molecule has 0 saturated heterocycles. The summed E-state index contributed by atoms with van der Waals surface area (Å²) in [6.45, 7) is 3.60. The minimum Gasteiger partial charge on any atom is -0.300 e. The van der Waals surface area contributed by atoms with Crippen LogP contribution in [0.5, 0.6) is 0 Å². The predicted molar refractivity (Wildman–Crippen MR) is 84.1 cm³/mol. The van der Waals surface area contributed by atoms with Crippen LogP contribution in [0.25, 0.3) is 0 Å². The standard InChI is InChI=1S/C15H20O2S2/c1-4-14-15(19-8-7-18-14)10-11(2)9-13(17)6-5-12(3)16/h1,11H,5-10H2,2-3H3/t11-/m0/s1. The third-order valence-corrected chi connectivity index (χ3v) is 5.43. The second kappa shape index (κ2) is 8.50. The lowest BCUT2D eigenvalue weighted by Gasteiger charge is -2.19. The van der Waals surface area contributed by atoms with E-state index in [1.165, 1.54) is 11.8 Å². The number of carbonyl (C=O) groups excluding carboxylic acids is 2. The first-order valence-electron chi connectivity index (χ1n) is 6.49. The summed E-state index contributed by atoms with van der Waals surface area (Å²) in [6, 6.07) is 0. The Morgan fingerprint density at radius 2 is 2.00 bits per heavy atom. The Labute approximate surface area is 124 Å². The van der Waals surface area contributed by atoms with Crippen LogP contribution in [0.2, 0.25) is 0 Å². The molecule has 0 aliphatic carbocycles. The van der Waals surface area contributed by atoms with Gasteiger partial charge >= 0.3 is 0 Å². The highest BCUT2D eigenvalue weighted by Crippen LogP contribution is 2.37. The van der Waals surface area contributed by atoms with Gasteiger partial charge in [-0.2, -0.15) is 0 Å². The fourth-order valence-electron chi connectivity index (χ4n) is 1.92. The molecule has 0 N–H and O–H groups in total. The number of thioether (sulfide) groups is 2. The molecule has 0 amide bonds. The van der Waals surface area contributed by atoms with Crippen molar-refractivity contribution in [1.29, 1.82) is 0 Å². The van der Waals surface area contributed by atoms with Gasteiger partial charge in [0, 0.05) is 35.7 Å². The molecule has 1 rings (SSSR count). The Kier molecular flexibility index (Phi) is 7.33. The van der Waals surface area contributed by atoms with E-state index in [9.17, 15) is 9.59 Å². The number of allylic oxidation sites excluding steroid dienone is 2. The minimum atomic E-state index is 0.0811. The maximum atomic E-state index is 11.7. The number of carbonyl (C=O) groups is 2. The molecule has 0 saturated carbocycles. The third-order valence-electron chi connectivity index (χ3n) is 2.86. The molecule has 0 radical (unpaired) electrons. The van der Waals surface area contributed by atoms with Gasteiger partial charge < -0.3 is 4.79 Å². The molecule has 0 unspecified atom stereocenters. The van der Waals surface area contributed by atoms with Crippen molar-refractivity contribution in [1.82, 2.24) is 0 Å². The summed E-state index contributed by atoms with van der Waals surface area (Å²) in [4.78, 5) is 24.9. The van der Waals surface area contributed by atoms with Crippen LogP contribution < -0.4 is 0 Å². The van der Waals surface area contributed by atoms with Gasteiger partial charge in [0.25, 0.3) is 0 Å². The van der Waals surface area contributed by atoms with Gasteiger partial charge in [-0.25, -0.2) is 0 Å². The first-order valence-corrected chi connectivity index (χ1v) is 8.46. The maximum Gasteiger partial charge on any atom is 0.133 e. The summed E-state index contributed by atoms with van der Waals surface area (Å²) in [5.74, 6) is 5.46. The second-order valence-electron chi connectivity index (χ2n) is 4.85. The monoisotopic (exact) mass is 296 g/mol. The number of hydrogen-bond donors (Lipinski definition) is 0. The van der Waals surface area contributed by atoms with Crippen LogP contribution in [0.1, 0.15) is 39.5 Å². The van der Waals surface area contributed by atoms with Crippen LogP contribution in [-0.4, -0.2) is 23.1 Å². The summed E-state index contributed by atoms with van der Waals surface area (Å²) < 4.78 is 0. The Morgan fingerprint density at radius 3 is 2.63 bits per heavy atom. The van der Waals surface area contributed by atoms with Crippen molar-refractivity contribution in [3.63, 3.8) is 0 Å². The molecule has 4 heteroatoms. The summed E-state index contributed by atoms with van der Waals surface area (Å²) >= 11 is 3.56. The lowest BCUT2D eigenvalue weighted by atomic mass is 9.98. The highest BCUT2D eigenvalue weighted by atomic mass is 32.2. The molecular weight excluding hydrogens is 276 g/mol. The van der Waals surface area contributed by atoms with E-state index in [0.717, 1.165) is 22.8 Å². The van der Waals surface area contributed by atoms with Crippen LogP contribution in [0, 0.1) is 18.3 Å². The SMILES string of the molecule is C#CC1=C(C[C@@H](C)CC(=O)CCC(C)=O)SCCS1. The number of Topliss-reactive ketones (excluding diaryl/α,β-unsaturated/α-hetero) is 2. The van der Waals surface area contributed by atoms with Crippen LogP contribution in [0.3, 0.4) is 0 Å². The van der Waals surface area contributed by atoms with Crippen molar-refractivity contribution in [3.05, 3.63) is 9.81 Å². The average Bonchev–Trinajstić information content (AvgIpc) is 2.37. The lowest BCUT2D eigenvalue weighted by molar-refractivity contribution is -0.123. The normalized spacial score (nSPS) is 16.9. The summed E-state index contributed by atoms with van der Waals surface area (Å²) in [5.41, 5.74) is 0. The Bertz CT molecular complexity index is 418. The third kappa shape index (κ3) is 6.35. The highest BCUT2D eigenvalue weighted by molar-refractivity contribution is 8.10. The maximum absolute atomic E-state index is 11.7. The second-order valence-corrected chi connectivity index (χ2v) is 7.14. The quantitative estimate of drug-likeness (QED) is 0.671. The van der Waals surface area contributed by atoms with Gasteiger partial charge in [-0.15, -0.1) is 29.9 Å². The summed E-state index contributed by atoms with van der Waals surface area (Å²) in [7, 11) is 0. The van der Waals surface area contributed by atoms with E-state index in [0.29, 0.717) is 25.2 Å². The van der Waals surface area contributed by atoms with Crippen LogP contribution in [-0.2, 0) is 9.59 Å². The van der Waals surface area contributed by atoms with E-state index in [1.54, 1.807) is 11.8 Å². The molecule has 0 fully saturated rings. The van der Waals surface area contributed by atoms with Crippen molar-refractivity contribution in [3.8, 4) is 12.3 Å². The molecule has 1 atom stereocenters. The van der Waals surface area contributed by atoms with Crippen molar-refractivity contribution in [2.24, 2.45) is 5.92 Å². The van der Waals surface area contributed by atoms with Crippen LogP contribution in [0.15, 0.2) is 9.81 Å². The van der Waals surface area contributed by atoms with Gasteiger partial charge in [0.2, 0.25) is 0 Å². The van der Waals surface area contributed by atoms with Gasteiger partial charge in [0.1, 0.15) is 11.6 Å². The average molecular weight is 296 g/mol. The number of hydrogen-bond acceptors (Lipinski definition) is 4. The first kappa shape index (κ1) is 16.4. The van der Waals surface area contributed by atoms with E-state index < -0.39 is 0 Å².